The highest BCUT2D eigenvalue weighted by atomic mass is 16.6. The minimum absolute atomic E-state index is 0.0354. The molecule has 1 aliphatic rings. The number of aromatic nitrogens is 1. The predicted molar refractivity (Wildman–Crippen MR) is 122 cm³/mol. The zero-order chi connectivity index (χ0) is 24.0. The maximum absolute atomic E-state index is 12.0. The summed E-state index contributed by atoms with van der Waals surface area (Å²) in [6.45, 7) is 5.09. The number of ether oxygens (including phenoxy) is 2. The Labute approximate surface area is 191 Å². The number of hydrogen-bond donors (Lipinski definition) is 3. The van der Waals surface area contributed by atoms with Gasteiger partial charge in [-0.05, 0) is 58.0 Å². The number of rotatable bonds is 9. The number of nitro groups is 1. The van der Waals surface area contributed by atoms with Gasteiger partial charge in [-0.15, -0.1) is 0 Å². The van der Waals surface area contributed by atoms with Crippen LogP contribution in [0.25, 0.3) is 0 Å². The molecule has 0 aliphatic carbocycles. The van der Waals surface area contributed by atoms with Crippen molar-refractivity contribution in [2.24, 2.45) is 0 Å². The average molecular weight is 460 g/mol. The van der Waals surface area contributed by atoms with Gasteiger partial charge in [0, 0.05) is 18.3 Å². The first-order chi connectivity index (χ1) is 15.8. The Hall–Kier alpha value is -3.44. The van der Waals surface area contributed by atoms with E-state index in [1.165, 1.54) is 24.4 Å². The first-order valence-electron chi connectivity index (χ1n) is 10.8. The Morgan fingerprint density at radius 1 is 1.36 bits per heavy atom. The summed E-state index contributed by atoms with van der Waals surface area (Å²) in [4.78, 5) is 29.0. The average Bonchev–Trinajstić information content (AvgIpc) is 2.80. The number of esters is 1. The van der Waals surface area contributed by atoms with E-state index in [1.807, 2.05) is 4.90 Å². The highest BCUT2D eigenvalue weighted by Gasteiger charge is 2.34. The topological polar surface area (TPSA) is 153 Å². The van der Waals surface area contributed by atoms with Crippen molar-refractivity contribution >= 4 is 23.2 Å². The Kier molecular flexibility index (Phi) is 8.01. The molecule has 0 saturated carbocycles. The van der Waals surface area contributed by atoms with Gasteiger partial charge in [-0.25, -0.2) is 9.78 Å². The molecule has 11 heteroatoms. The van der Waals surface area contributed by atoms with Gasteiger partial charge in [0.2, 0.25) is 0 Å². The molecule has 1 aliphatic heterocycles. The molecule has 2 unspecified atom stereocenters. The third kappa shape index (κ3) is 5.68. The number of nitrogens with zero attached hydrogens (tertiary/aromatic N) is 3. The van der Waals surface area contributed by atoms with E-state index in [2.05, 4.69) is 10.3 Å². The summed E-state index contributed by atoms with van der Waals surface area (Å²) in [6.07, 6.45) is 1.02. The van der Waals surface area contributed by atoms with Gasteiger partial charge >= 0.3 is 5.97 Å². The summed E-state index contributed by atoms with van der Waals surface area (Å²) >= 11 is 0. The summed E-state index contributed by atoms with van der Waals surface area (Å²) < 4.78 is 11.1. The number of nitrogens with one attached hydrogen (secondary N) is 1. The second-order valence-electron chi connectivity index (χ2n) is 7.71. The minimum atomic E-state index is -0.995. The van der Waals surface area contributed by atoms with Crippen LogP contribution in [0.4, 0.5) is 17.2 Å². The standard InChI is InChI=1S/C22H29N5O6/c1-3-32-22(29)15-7-8-19(25-13-15)26(16-9-11-24-12-10-16)21(14(2)28)33-18-6-4-5-17(20(18)23)27(30)31/h4-8,13-14,16,21,24,28H,3,9-12,23H2,1-2H3. The van der Waals surface area contributed by atoms with E-state index < -0.39 is 23.2 Å². The van der Waals surface area contributed by atoms with Crippen molar-refractivity contribution in [3.63, 3.8) is 0 Å². The maximum atomic E-state index is 12.0. The molecule has 3 rings (SSSR count). The second kappa shape index (κ2) is 10.9. The molecule has 4 N–H and O–H groups in total. The van der Waals surface area contributed by atoms with Crippen molar-refractivity contribution in [1.29, 1.82) is 0 Å². The van der Waals surface area contributed by atoms with Crippen molar-refractivity contribution in [3.8, 4) is 5.75 Å². The first-order valence-corrected chi connectivity index (χ1v) is 10.8. The lowest BCUT2D eigenvalue weighted by Gasteiger charge is -2.41. The van der Waals surface area contributed by atoms with Crippen molar-refractivity contribution in [1.82, 2.24) is 10.3 Å². The molecule has 0 bridgehead atoms. The van der Waals surface area contributed by atoms with Gasteiger partial charge in [0.05, 0.1) is 17.1 Å². The highest BCUT2D eigenvalue weighted by molar-refractivity contribution is 5.89. The molecular formula is C22H29N5O6. The summed E-state index contributed by atoms with van der Waals surface area (Å²) in [6, 6.07) is 7.53. The van der Waals surface area contributed by atoms with Crippen LogP contribution in [-0.4, -0.2) is 59.1 Å². The summed E-state index contributed by atoms with van der Waals surface area (Å²) in [5.41, 5.74) is 5.90. The number of nitrogen functional groups attached to an aromatic ring is 1. The van der Waals surface area contributed by atoms with Crippen LogP contribution in [0, 0.1) is 10.1 Å². The van der Waals surface area contributed by atoms with Gasteiger partial charge in [0.15, 0.2) is 17.7 Å². The summed E-state index contributed by atoms with van der Waals surface area (Å²) in [7, 11) is 0. The molecule has 1 aromatic carbocycles. The molecule has 33 heavy (non-hydrogen) atoms. The molecule has 11 nitrogen and oxygen atoms in total. The minimum Gasteiger partial charge on any atom is -0.465 e. The monoisotopic (exact) mass is 459 g/mol. The largest absolute Gasteiger partial charge is 0.465 e. The Morgan fingerprint density at radius 2 is 2.09 bits per heavy atom. The zero-order valence-corrected chi connectivity index (χ0v) is 18.6. The number of carbonyl (C=O) groups is 1. The van der Waals surface area contributed by atoms with E-state index in [4.69, 9.17) is 15.2 Å². The third-order valence-corrected chi connectivity index (χ3v) is 5.40. The number of piperidine rings is 1. The summed E-state index contributed by atoms with van der Waals surface area (Å²) in [5, 5.41) is 25.2. The van der Waals surface area contributed by atoms with Crippen molar-refractivity contribution in [3.05, 3.63) is 52.2 Å². The molecule has 0 radical (unpaired) electrons. The molecule has 1 fully saturated rings. The highest BCUT2D eigenvalue weighted by Crippen LogP contribution is 2.34. The zero-order valence-electron chi connectivity index (χ0n) is 18.6. The molecular weight excluding hydrogens is 430 g/mol. The number of hydrogen-bond acceptors (Lipinski definition) is 10. The fourth-order valence-corrected chi connectivity index (χ4v) is 3.80. The number of nitro benzene ring substituents is 1. The number of para-hydroxylation sites is 1. The van der Waals surface area contributed by atoms with E-state index in [0.29, 0.717) is 11.4 Å². The Bertz CT molecular complexity index is 962. The molecule has 1 saturated heterocycles. The number of nitrogens with two attached hydrogens (primary N) is 1. The van der Waals surface area contributed by atoms with E-state index >= 15 is 0 Å². The Balaban J connectivity index is 1.98. The second-order valence-corrected chi connectivity index (χ2v) is 7.71. The van der Waals surface area contributed by atoms with Crippen LogP contribution in [0.1, 0.15) is 37.0 Å². The SMILES string of the molecule is CCOC(=O)c1ccc(N(C2CCNCC2)C(Oc2cccc([N+](=O)[O-])c2N)C(C)O)nc1. The van der Waals surface area contributed by atoms with Gasteiger partial charge in [-0.3, -0.25) is 10.1 Å². The van der Waals surface area contributed by atoms with Gasteiger partial charge in [0.1, 0.15) is 11.9 Å². The van der Waals surface area contributed by atoms with Gasteiger partial charge in [-0.1, -0.05) is 6.07 Å². The van der Waals surface area contributed by atoms with Gasteiger partial charge < -0.3 is 30.5 Å². The Morgan fingerprint density at radius 3 is 2.67 bits per heavy atom. The van der Waals surface area contributed by atoms with Crippen molar-refractivity contribution in [2.75, 3.05) is 30.3 Å². The van der Waals surface area contributed by atoms with Crippen LogP contribution in [-0.2, 0) is 4.74 Å². The lowest BCUT2D eigenvalue weighted by atomic mass is 10.0. The number of aliphatic hydroxyl groups is 1. The molecule has 0 amide bonds. The normalized spacial score (nSPS) is 16.0. The number of pyridine rings is 1. The lowest BCUT2D eigenvalue weighted by molar-refractivity contribution is -0.384. The molecule has 1 aromatic heterocycles. The van der Waals surface area contributed by atoms with E-state index in [-0.39, 0.29) is 29.8 Å². The summed E-state index contributed by atoms with van der Waals surface area (Å²) in [5.74, 6) is 0.111. The number of carbonyl (C=O) groups excluding carboxylic acids is 1. The van der Waals surface area contributed by atoms with E-state index in [0.717, 1.165) is 25.9 Å². The van der Waals surface area contributed by atoms with Crippen LogP contribution in [0.3, 0.4) is 0 Å². The fourth-order valence-electron chi connectivity index (χ4n) is 3.80. The van der Waals surface area contributed by atoms with Crippen LogP contribution in [0.5, 0.6) is 5.75 Å². The molecule has 0 spiro atoms. The number of aliphatic hydroxyl groups excluding tert-OH is 1. The molecule has 2 atom stereocenters. The number of benzene rings is 1. The first kappa shape index (κ1) is 24.2. The smallest absolute Gasteiger partial charge is 0.339 e. The number of anilines is 2. The van der Waals surface area contributed by atoms with Crippen LogP contribution in [0.2, 0.25) is 0 Å². The van der Waals surface area contributed by atoms with Crippen molar-refractivity contribution in [2.45, 2.75) is 45.1 Å². The van der Waals surface area contributed by atoms with E-state index in [9.17, 15) is 20.0 Å². The van der Waals surface area contributed by atoms with Crippen LogP contribution >= 0.6 is 0 Å². The van der Waals surface area contributed by atoms with Crippen LogP contribution < -0.4 is 20.7 Å². The van der Waals surface area contributed by atoms with Crippen LogP contribution in [0.15, 0.2) is 36.5 Å². The van der Waals surface area contributed by atoms with Crippen molar-refractivity contribution < 1.29 is 24.3 Å². The molecule has 2 heterocycles. The predicted octanol–water partition coefficient (Wildman–Crippen LogP) is 2.09. The molecule has 178 valence electrons. The lowest BCUT2D eigenvalue weighted by Crippen LogP contribution is -2.55. The molecule has 2 aromatic rings. The van der Waals surface area contributed by atoms with Gasteiger partial charge in [-0.2, -0.15) is 0 Å². The fraction of sp³-hybridized carbons (Fsp3) is 0.455. The van der Waals surface area contributed by atoms with Gasteiger partial charge in [0.25, 0.3) is 5.69 Å². The third-order valence-electron chi connectivity index (χ3n) is 5.40. The quantitative estimate of drug-likeness (QED) is 0.167. The maximum Gasteiger partial charge on any atom is 0.339 e. The van der Waals surface area contributed by atoms with E-state index in [1.54, 1.807) is 26.0 Å².